The maximum atomic E-state index is 12.6. The average molecular weight is 365 g/mol. The van der Waals surface area contributed by atoms with Crippen molar-refractivity contribution >= 4 is 46.6 Å². The predicted molar refractivity (Wildman–Crippen MR) is 94.6 cm³/mol. The molecule has 0 radical (unpaired) electrons. The zero-order chi connectivity index (χ0) is 14.8. The molecule has 0 N–H and O–H groups in total. The first-order valence-corrected chi connectivity index (χ1v) is 14.5. The van der Waals surface area contributed by atoms with Crippen molar-refractivity contribution in [3.05, 3.63) is 0 Å². The van der Waals surface area contributed by atoms with Crippen LogP contribution in [0.4, 0.5) is 0 Å². The lowest BCUT2D eigenvalue weighted by Crippen LogP contribution is -1.92. The molecule has 9 heteroatoms. The molecule has 0 aromatic heterocycles. The van der Waals surface area contributed by atoms with Crippen LogP contribution >= 0.6 is 46.6 Å². The molecule has 0 aliphatic carbocycles. The van der Waals surface area contributed by atoms with Crippen molar-refractivity contribution in [2.24, 2.45) is 4.52 Å². The van der Waals surface area contributed by atoms with Crippen LogP contribution in [0.1, 0.15) is 34.6 Å². The molecular weight excluding hydrogens is 340 g/mol. The molecule has 0 atom stereocenters. The second-order valence-corrected chi connectivity index (χ2v) is 17.9. The van der Waals surface area contributed by atoms with Crippen molar-refractivity contribution < 1.29 is 13.6 Å². The van der Waals surface area contributed by atoms with Gasteiger partial charge in [0.25, 0.3) is 0 Å². The van der Waals surface area contributed by atoms with Crippen LogP contribution in [0.25, 0.3) is 0 Å². The quantitative estimate of drug-likeness (QED) is 0.396. The standard InChI is InChI=1S/C10H25NO3P2S3/c1-6-13-15(12,14-7-2)11-16(17-8-3,18-9-4)19-10-5/h6-10H2,1-5H3. The molecular formula is C10H25NO3P2S3. The van der Waals surface area contributed by atoms with E-state index < -0.39 is 12.4 Å². The lowest BCUT2D eigenvalue weighted by atomic mass is 10.9. The van der Waals surface area contributed by atoms with E-state index in [-0.39, 0.29) is 0 Å². The lowest BCUT2D eigenvalue weighted by molar-refractivity contribution is 0.222. The third-order valence-corrected chi connectivity index (χ3v) is 19.3. The first kappa shape index (κ1) is 20.4. The van der Waals surface area contributed by atoms with Gasteiger partial charge in [-0.05, 0) is 31.1 Å². The van der Waals surface area contributed by atoms with Gasteiger partial charge in [-0.25, -0.2) is 4.57 Å². The highest BCUT2D eigenvalue weighted by atomic mass is 33.4. The fourth-order valence-corrected chi connectivity index (χ4v) is 20.4. The minimum absolute atomic E-state index is 0.352. The Balaban J connectivity index is 5.47. The summed E-state index contributed by atoms with van der Waals surface area (Å²) in [6.07, 6.45) is 0. The van der Waals surface area contributed by atoms with Crippen LogP contribution in [0, 0.1) is 0 Å². The van der Waals surface area contributed by atoms with Crippen LogP contribution in [0.15, 0.2) is 4.52 Å². The molecule has 0 aliphatic rings. The second kappa shape index (κ2) is 11.1. The molecule has 0 aliphatic heterocycles. The lowest BCUT2D eigenvalue weighted by Gasteiger charge is -2.23. The van der Waals surface area contributed by atoms with E-state index in [1.54, 1.807) is 34.1 Å². The summed E-state index contributed by atoms with van der Waals surface area (Å²) in [6, 6.07) is 0. The van der Waals surface area contributed by atoms with Gasteiger partial charge in [-0.2, -0.15) is 4.52 Å². The summed E-state index contributed by atoms with van der Waals surface area (Å²) in [5, 5.41) is 0. The highest BCUT2D eigenvalue weighted by Crippen LogP contribution is 2.83. The molecule has 0 fully saturated rings. The van der Waals surface area contributed by atoms with E-state index >= 15 is 0 Å². The molecule has 0 spiro atoms. The molecule has 0 heterocycles. The van der Waals surface area contributed by atoms with Crippen LogP contribution in [0.3, 0.4) is 0 Å². The Morgan fingerprint density at radius 1 is 0.842 bits per heavy atom. The molecule has 0 bridgehead atoms. The van der Waals surface area contributed by atoms with E-state index in [1.807, 2.05) is 13.8 Å². The zero-order valence-electron chi connectivity index (χ0n) is 12.3. The van der Waals surface area contributed by atoms with E-state index in [0.29, 0.717) is 13.2 Å². The second-order valence-electron chi connectivity index (χ2n) is 3.12. The van der Waals surface area contributed by atoms with Crippen molar-refractivity contribution in [1.82, 2.24) is 0 Å². The molecule has 19 heavy (non-hydrogen) atoms. The van der Waals surface area contributed by atoms with Crippen LogP contribution in [0.5, 0.6) is 0 Å². The van der Waals surface area contributed by atoms with Crippen LogP contribution in [-0.2, 0) is 13.6 Å². The molecule has 0 aromatic rings. The van der Waals surface area contributed by atoms with E-state index in [2.05, 4.69) is 25.3 Å². The van der Waals surface area contributed by atoms with Crippen LogP contribution < -0.4 is 0 Å². The van der Waals surface area contributed by atoms with Crippen molar-refractivity contribution in [1.29, 1.82) is 0 Å². The fraction of sp³-hybridized carbons (Fsp3) is 1.00. The van der Waals surface area contributed by atoms with E-state index in [9.17, 15) is 4.57 Å². The Hall–Kier alpha value is 1.43. The molecule has 0 unspecified atom stereocenters. The monoisotopic (exact) mass is 365 g/mol. The smallest absolute Gasteiger partial charge is 0.291 e. The summed E-state index contributed by atoms with van der Waals surface area (Å²) in [5.41, 5.74) is 0. The molecule has 0 amide bonds. The van der Waals surface area contributed by atoms with Crippen molar-refractivity contribution in [2.45, 2.75) is 34.6 Å². The topological polar surface area (TPSA) is 47.9 Å². The SMILES string of the molecule is CCOP(=O)(N=P(SCC)(SCC)SCC)OCC. The van der Waals surface area contributed by atoms with Crippen LogP contribution in [-0.4, -0.2) is 30.5 Å². The third-order valence-electron chi connectivity index (χ3n) is 1.68. The first-order valence-electron chi connectivity index (χ1n) is 6.47. The van der Waals surface area contributed by atoms with Gasteiger partial charge in [0.2, 0.25) is 0 Å². The van der Waals surface area contributed by atoms with Crippen molar-refractivity contribution in [3.63, 3.8) is 0 Å². The van der Waals surface area contributed by atoms with Gasteiger partial charge in [0, 0.05) is 0 Å². The van der Waals surface area contributed by atoms with E-state index in [0.717, 1.165) is 17.3 Å². The number of hydrogen-bond donors (Lipinski definition) is 0. The summed E-state index contributed by atoms with van der Waals surface area (Å²) in [4.78, 5) is 0. The van der Waals surface area contributed by atoms with Crippen LogP contribution in [0.2, 0.25) is 0 Å². The molecule has 4 nitrogen and oxygen atoms in total. The van der Waals surface area contributed by atoms with Gasteiger partial charge in [0.1, 0.15) is 4.66 Å². The van der Waals surface area contributed by atoms with Crippen molar-refractivity contribution in [3.8, 4) is 0 Å². The molecule has 0 saturated carbocycles. The summed E-state index contributed by atoms with van der Waals surface area (Å²) in [7, 11) is -3.32. The van der Waals surface area contributed by atoms with Gasteiger partial charge in [-0.15, -0.1) is 0 Å². The minimum Gasteiger partial charge on any atom is -0.291 e. The van der Waals surface area contributed by atoms with E-state index in [4.69, 9.17) is 9.05 Å². The number of nitrogens with zero attached hydrogens (tertiary/aromatic N) is 1. The van der Waals surface area contributed by atoms with Crippen molar-refractivity contribution in [2.75, 3.05) is 30.5 Å². The summed E-state index contributed by atoms with van der Waals surface area (Å²) in [6.45, 7) is 10.6. The summed E-state index contributed by atoms with van der Waals surface area (Å²) in [5.74, 6) is 2.86. The van der Waals surface area contributed by atoms with Gasteiger partial charge >= 0.3 is 7.75 Å². The van der Waals surface area contributed by atoms with E-state index in [1.165, 1.54) is 0 Å². The fourth-order valence-electron chi connectivity index (χ4n) is 1.23. The van der Waals surface area contributed by atoms with Gasteiger partial charge in [-0.3, -0.25) is 9.05 Å². The molecule has 0 saturated heterocycles. The van der Waals surface area contributed by atoms with Gasteiger partial charge < -0.3 is 0 Å². The Morgan fingerprint density at radius 2 is 1.21 bits per heavy atom. The highest BCUT2D eigenvalue weighted by Gasteiger charge is 2.30. The Bertz CT molecular complexity index is 308. The zero-order valence-corrected chi connectivity index (χ0v) is 16.6. The Morgan fingerprint density at radius 3 is 1.47 bits per heavy atom. The predicted octanol–water partition coefficient (Wildman–Crippen LogP) is 6.37. The average Bonchev–Trinajstić information content (AvgIpc) is 2.30. The highest BCUT2D eigenvalue weighted by molar-refractivity contribution is 9.15. The van der Waals surface area contributed by atoms with Gasteiger partial charge in [0.05, 0.1) is 13.2 Å². The largest absolute Gasteiger partial charge is 0.454 e. The third kappa shape index (κ3) is 7.85. The Labute approximate surface area is 129 Å². The maximum absolute atomic E-state index is 12.6. The molecule has 116 valence electrons. The number of hydrogen-bond acceptors (Lipinski definition) is 6. The molecule has 0 rings (SSSR count). The molecule has 0 aromatic carbocycles. The first-order chi connectivity index (χ1) is 9.01. The number of rotatable bonds is 11. The maximum Gasteiger partial charge on any atom is 0.454 e. The van der Waals surface area contributed by atoms with Gasteiger partial charge in [0.15, 0.2) is 0 Å². The summed E-state index contributed by atoms with van der Waals surface area (Å²) < 4.78 is 26.1. The van der Waals surface area contributed by atoms with Gasteiger partial charge in [-0.1, -0.05) is 54.9 Å². The minimum atomic E-state index is -3.32. The summed E-state index contributed by atoms with van der Waals surface area (Å²) >= 11 is 5.37. The Kier molecular flexibility index (Phi) is 11.9. The normalized spacial score (nSPS) is 12.7.